The van der Waals surface area contributed by atoms with Crippen LogP contribution in [0.25, 0.3) is 0 Å². The molecule has 8 heteroatoms. The van der Waals surface area contributed by atoms with E-state index >= 15 is 0 Å². The average Bonchev–Trinajstić information content (AvgIpc) is 2.99. The molecule has 0 saturated carbocycles. The van der Waals surface area contributed by atoms with Gasteiger partial charge in [0.15, 0.2) is 9.84 Å². The minimum atomic E-state index is -3.55. The van der Waals surface area contributed by atoms with Crippen LogP contribution in [0.1, 0.15) is 62.1 Å². The van der Waals surface area contributed by atoms with Crippen molar-refractivity contribution >= 4 is 15.8 Å². The maximum Gasteiger partial charge on any atom is 0.308 e. The monoisotopic (exact) mass is 596 g/mol. The number of aryl methyl sites for hydroxylation is 1. The standard InChI is InChI=1S/C34H44O7S/c1-4-5-7-12-31(40-26-29-15-17-30(38-3)18-16-29)23-32(41-25-28-10-8-6-9-11-28)24-34(35)39-21-22-42(36,37)33-19-13-27(2)14-20-33/h6,8-11,13-20,31-32H,4-5,7,12,21-26H2,1-3H3/t31-,32-/m1/s1. The molecule has 0 aromatic heterocycles. The van der Waals surface area contributed by atoms with E-state index < -0.39 is 21.9 Å². The number of carbonyl (C=O) groups excluding carboxylic acids is 1. The first-order valence-corrected chi connectivity index (χ1v) is 16.3. The van der Waals surface area contributed by atoms with Crippen molar-refractivity contribution in [3.63, 3.8) is 0 Å². The van der Waals surface area contributed by atoms with Gasteiger partial charge in [-0.05, 0) is 48.7 Å². The summed E-state index contributed by atoms with van der Waals surface area (Å²) in [6.07, 6.45) is 4.00. The lowest BCUT2D eigenvalue weighted by Gasteiger charge is -2.24. The topological polar surface area (TPSA) is 88.1 Å². The van der Waals surface area contributed by atoms with Gasteiger partial charge in [-0.15, -0.1) is 0 Å². The molecular weight excluding hydrogens is 552 g/mol. The second kappa shape index (κ2) is 17.7. The molecule has 0 saturated heterocycles. The summed E-state index contributed by atoms with van der Waals surface area (Å²) in [5, 5.41) is 0. The zero-order valence-electron chi connectivity index (χ0n) is 25.0. The van der Waals surface area contributed by atoms with Crippen LogP contribution in [-0.2, 0) is 42.1 Å². The summed E-state index contributed by atoms with van der Waals surface area (Å²) >= 11 is 0. The van der Waals surface area contributed by atoms with Gasteiger partial charge in [0.25, 0.3) is 0 Å². The van der Waals surface area contributed by atoms with Crippen molar-refractivity contribution in [2.24, 2.45) is 0 Å². The first-order chi connectivity index (χ1) is 20.3. The molecule has 0 bridgehead atoms. The maximum atomic E-state index is 12.9. The second-order valence-corrected chi connectivity index (χ2v) is 12.6. The second-order valence-electron chi connectivity index (χ2n) is 10.5. The first-order valence-electron chi connectivity index (χ1n) is 14.6. The first kappa shape index (κ1) is 33.3. The molecular formula is C34H44O7S. The van der Waals surface area contributed by atoms with Gasteiger partial charge in [0, 0.05) is 6.42 Å². The van der Waals surface area contributed by atoms with Crippen molar-refractivity contribution in [3.05, 3.63) is 95.6 Å². The van der Waals surface area contributed by atoms with E-state index in [1.807, 2.05) is 61.5 Å². The summed E-state index contributed by atoms with van der Waals surface area (Å²) < 4.78 is 48.5. The third kappa shape index (κ3) is 12.0. The molecule has 0 aliphatic heterocycles. The highest BCUT2D eigenvalue weighted by atomic mass is 32.2. The zero-order chi connectivity index (χ0) is 30.2. The van der Waals surface area contributed by atoms with Crippen molar-refractivity contribution < 1.29 is 32.2 Å². The molecule has 3 aromatic carbocycles. The predicted octanol–water partition coefficient (Wildman–Crippen LogP) is 6.85. The minimum Gasteiger partial charge on any atom is -0.497 e. The van der Waals surface area contributed by atoms with Gasteiger partial charge >= 0.3 is 5.97 Å². The number of carbonyl (C=O) groups is 1. The molecule has 0 N–H and O–H groups in total. The summed E-state index contributed by atoms with van der Waals surface area (Å²) in [6.45, 7) is 4.63. The highest BCUT2D eigenvalue weighted by molar-refractivity contribution is 7.91. The van der Waals surface area contributed by atoms with Crippen LogP contribution in [0.15, 0.2) is 83.8 Å². The third-order valence-corrected chi connectivity index (χ3v) is 8.71. The molecule has 0 amide bonds. The molecule has 0 unspecified atom stereocenters. The third-order valence-electron chi connectivity index (χ3n) is 7.02. The molecule has 42 heavy (non-hydrogen) atoms. The maximum absolute atomic E-state index is 12.9. The fourth-order valence-electron chi connectivity index (χ4n) is 4.49. The number of esters is 1. The Labute approximate surface area is 251 Å². The Balaban J connectivity index is 1.62. The van der Waals surface area contributed by atoms with Gasteiger partial charge in [-0.2, -0.15) is 0 Å². The number of sulfone groups is 1. The fraction of sp³-hybridized carbons (Fsp3) is 0.441. The molecule has 0 radical (unpaired) electrons. The largest absolute Gasteiger partial charge is 0.497 e. The number of benzene rings is 3. The van der Waals surface area contributed by atoms with Crippen LogP contribution in [0, 0.1) is 6.92 Å². The summed E-state index contributed by atoms with van der Waals surface area (Å²) in [4.78, 5) is 13.1. The number of methoxy groups -OCH3 is 1. The Morgan fingerprint density at radius 3 is 2.10 bits per heavy atom. The summed E-state index contributed by atoms with van der Waals surface area (Å²) in [5.74, 6) is 0.0227. The molecule has 3 aromatic rings. The summed E-state index contributed by atoms with van der Waals surface area (Å²) in [6, 6.07) is 24.2. The molecule has 2 atom stereocenters. The van der Waals surface area contributed by atoms with E-state index in [2.05, 4.69) is 6.92 Å². The van der Waals surface area contributed by atoms with E-state index in [4.69, 9.17) is 18.9 Å². The van der Waals surface area contributed by atoms with E-state index in [1.165, 1.54) is 0 Å². The number of hydrogen-bond donors (Lipinski definition) is 0. The number of rotatable bonds is 19. The Morgan fingerprint density at radius 2 is 1.45 bits per heavy atom. The molecule has 0 fully saturated rings. The lowest BCUT2D eigenvalue weighted by Crippen LogP contribution is -2.27. The lowest BCUT2D eigenvalue weighted by atomic mass is 10.0. The normalized spacial score (nSPS) is 12.9. The molecule has 0 heterocycles. The van der Waals surface area contributed by atoms with Crippen molar-refractivity contribution in [3.8, 4) is 5.75 Å². The molecule has 3 rings (SSSR count). The van der Waals surface area contributed by atoms with Crippen LogP contribution in [-0.4, -0.2) is 46.1 Å². The average molecular weight is 597 g/mol. The predicted molar refractivity (Wildman–Crippen MR) is 164 cm³/mol. The van der Waals surface area contributed by atoms with E-state index in [0.29, 0.717) is 19.6 Å². The van der Waals surface area contributed by atoms with E-state index in [0.717, 1.165) is 48.1 Å². The van der Waals surface area contributed by atoms with Crippen LogP contribution in [0.3, 0.4) is 0 Å². The molecule has 228 valence electrons. The quantitative estimate of drug-likeness (QED) is 0.110. The highest BCUT2D eigenvalue weighted by Gasteiger charge is 2.23. The Morgan fingerprint density at radius 1 is 0.810 bits per heavy atom. The Kier molecular flexibility index (Phi) is 14.0. The lowest BCUT2D eigenvalue weighted by molar-refractivity contribution is -0.147. The van der Waals surface area contributed by atoms with Crippen LogP contribution < -0.4 is 4.74 Å². The number of hydrogen-bond acceptors (Lipinski definition) is 7. The molecule has 7 nitrogen and oxygen atoms in total. The Bertz CT molecular complexity index is 1290. The smallest absolute Gasteiger partial charge is 0.308 e. The zero-order valence-corrected chi connectivity index (χ0v) is 25.8. The van der Waals surface area contributed by atoms with Gasteiger partial charge < -0.3 is 18.9 Å². The van der Waals surface area contributed by atoms with Crippen LogP contribution >= 0.6 is 0 Å². The van der Waals surface area contributed by atoms with Crippen LogP contribution in [0.2, 0.25) is 0 Å². The van der Waals surface area contributed by atoms with Crippen molar-refractivity contribution in [1.29, 1.82) is 0 Å². The van der Waals surface area contributed by atoms with Crippen LogP contribution in [0.5, 0.6) is 5.75 Å². The van der Waals surface area contributed by atoms with E-state index in [-0.39, 0.29) is 29.8 Å². The van der Waals surface area contributed by atoms with Gasteiger partial charge in [0.05, 0.1) is 49.6 Å². The Hall–Kier alpha value is -3.20. The number of ether oxygens (including phenoxy) is 4. The van der Waals surface area contributed by atoms with Gasteiger partial charge in [-0.25, -0.2) is 8.42 Å². The van der Waals surface area contributed by atoms with Gasteiger partial charge in [0.1, 0.15) is 12.4 Å². The minimum absolute atomic E-state index is 0.00753. The van der Waals surface area contributed by atoms with Crippen LogP contribution in [0.4, 0.5) is 0 Å². The van der Waals surface area contributed by atoms with Crippen molar-refractivity contribution in [2.75, 3.05) is 19.5 Å². The van der Waals surface area contributed by atoms with Gasteiger partial charge in [0.2, 0.25) is 0 Å². The summed E-state index contributed by atoms with van der Waals surface area (Å²) in [5.41, 5.74) is 3.01. The SMILES string of the molecule is CCCCC[C@H](C[C@H](CC(=O)OCCS(=O)(=O)c1ccc(C)cc1)OCc1ccccc1)OCc1ccc(OC)cc1. The van der Waals surface area contributed by atoms with E-state index in [1.54, 1.807) is 31.4 Å². The van der Waals surface area contributed by atoms with Crippen molar-refractivity contribution in [1.82, 2.24) is 0 Å². The molecule has 0 aliphatic rings. The fourth-order valence-corrected chi connectivity index (χ4v) is 5.58. The highest BCUT2D eigenvalue weighted by Crippen LogP contribution is 2.21. The van der Waals surface area contributed by atoms with Gasteiger partial charge in [-0.3, -0.25) is 4.79 Å². The number of unbranched alkanes of at least 4 members (excludes halogenated alkanes) is 2. The van der Waals surface area contributed by atoms with E-state index in [9.17, 15) is 13.2 Å². The molecule has 0 aliphatic carbocycles. The summed E-state index contributed by atoms with van der Waals surface area (Å²) in [7, 11) is -1.92. The molecule has 0 spiro atoms. The van der Waals surface area contributed by atoms with Crippen molar-refractivity contribution in [2.45, 2.75) is 82.7 Å². The van der Waals surface area contributed by atoms with Gasteiger partial charge in [-0.1, -0.05) is 86.3 Å².